The maximum atomic E-state index is 13.5. The molecular formula is C12H18BrF. The van der Waals surface area contributed by atoms with Crippen LogP contribution in [0.1, 0.15) is 45.4 Å². The van der Waals surface area contributed by atoms with Gasteiger partial charge in [-0.1, -0.05) is 18.9 Å². The summed E-state index contributed by atoms with van der Waals surface area (Å²) in [5.41, 5.74) is 2.53. The molecule has 0 heterocycles. The second-order valence-corrected chi connectivity index (χ2v) is 5.37. The smallest absolute Gasteiger partial charge is 0.176 e. The molecule has 80 valence electrons. The minimum atomic E-state index is -0.878. The molecule has 0 saturated heterocycles. The summed E-state index contributed by atoms with van der Waals surface area (Å²) >= 11 is 3.12. The molecular weight excluding hydrogens is 243 g/mol. The molecule has 0 aromatic heterocycles. The van der Waals surface area contributed by atoms with E-state index in [0.29, 0.717) is 5.92 Å². The summed E-state index contributed by atoms with van der Waals surface area (Å²) in [4.78, 5) is 0. The molecule has 0 N–H and O–H groups in total. The van der Waals surface area contributed by atoms with E-state index in [0.717, 1.165) is 24.3 Å². The monoisotopic (exact) mass is 260 g/mol. The molecule has 0 aromatic carbocycles. The largest absolute Gasteiger partial charge is 0.230 e. The summed E-state index contributed by atoms with van der Waals surface area (Å²) in [7, 11) is 0. The van der Waals surface area contributed by atoms with Gasteiger partial charge in [-0.3, -0.25) is 0 Å². The summed E-state index contributed by atoms with van der Waals surface area (Å²) in [6.45, 7) is 2.22. The summed E-state index contributed by atoms with van der Waals surface area (Å²) in [5.74, 6) is 1.32. The minimum absolute atomic E-state index is 0.560. The second-order valence-electron chi connectivity index (χ2n) is 4.57. The molecule has 0 radical (unpaired) electrons. The van der Waals surface area contributed by atoms with Gasteiger partial charge >= 0.3 is 0 Å². The van der Waals surface area contributed by atoms with Crippen molar-refractivity contribution in [2.75, 3.05) is 0 Å². The van der Waals surface area contributed by atoms with Crippen LogP contribution in [-0.4, -0.2) is 5.08 Å². The van der Waals surface area contributed by atoms with E-state index in [-0.39, 0.29) is 0 Å². The van der Waals surface area contributed by atoms with Crippen molar-refractivity contribution in [1.82, 2.24) is 0 Å². The Balaban J connectivity index is 2.11. The average molecular weight is 261 g/mol. The van der Waals surface area contributed by atoms with Crippen LogP contribution in [0.5, 0.6) is 0 Å². The number of rotatable bonds is 3. The standard InChI is InChI=1S/C12H18BrF/c1-2-8-6-7-10(8)11(12(13)14)9-4-3-5-9/h8,10,12H,2-7H2,1H3/t8-,10+,12?/m1/s1. The fourth-order valence-electron chi connectivity index (χ4n) is 2.69. The molecule has 0 aromatic rings. The predicted octanol–water partition coefficient (Wildman–Crippen LogP) is 4.59. The molecule has 0 amide bonds. The number of hydrogen-bond donors (Lipinski definition) is 0. The third-order valence-electron chi connectivity index (χ3n) is 3.94. The molecule has 0 aliphatic heterocycles. The summed E-state index contributed by atoms with van der Waals surface area (Å²) < 4.78 is 13.5. The fraction of sp³-hybridized carbons (Fsp3) is 0.833. The molecule has 0 spiro atoms. The highest BCUT2D eigenvalue weighted by molar-refractivity contribution is 9.09. The van der Waals surface area contributed by atoms with Gasteiger partial charge in [-0.2, -0.15) is 0 Å². The van der Waals surface area contributed by atoms with Crippen molar-refractivity contribution in [2.24, 2.45) is 11.8 Å². The SMILES string of the molecule is CC[C@@H]1CC[C@@H]1C(=C1CCC1)C(F)Br. The van der Waals surface area contributed by atoms with E-state index >= 15 is 0 Å². The van der Waals surface area contributed by atoms with Crippen molar-refractivity contribution in [2.45, 2.75) is 50.5 Å². The van der Waals surface area contributed by atoms with E-state index in [2.05, 4.69) is 22.9 Å². The van der Waals surface area contributed by atoms with E-state index in [1.54, 1.807) is 0 Å². The Morgan fingerprint density at radius 3 is 2.50 bits per heavy atom. The zero-order valence-corrected chi connectivity index (χ0v) is 10.3. The molecule has 14 heavy (non-hydrogen) atoms. The van der Waals surface area contributed by atoms with Crippen LogP contribution in [0.15, 0.2) is 11.1 Å². The van der Waals surface area contributed by atoms with Gasteiger partial charge < -0.3 is 0 Å². The van der Waals surface area contributed by atoms with Crippen molar-refractivity contribution in [3.05, 3.63) is 11.1 Å². The highest BCUT2D eigenvalue weighted by Crippen LogP contribution is 2.48. The number of hydrogen-bond acceptors (Lipinski definition) is 0. The van der Waals surface area contributed by atoms with Crippen LogP contribution in [0, 0.1) is 11.8 Å². The Bertz CT molecular complexity index is 237. The fourth-order valence-corrected chi connectivity index (χ4v) is 3.35. The second kappa shape index (κ2) is 4.34. The topological polar surface area (TPSA) is 0 Å². The van der Waals surface area contributed by atoms with Gasteiger partial charge in [0.15, 0.2) is 5.08 Å². The molecule has 2 aliphatic carbocycles. The van der Waals surface area contributed by atoms with Crippen molar-refractivity contribution >= 4 is 15.9 Å². The third-order valence-corrected chi connectivity index (χ3v) is 4.44. The van der Waals surface area contributed by atoms with Crippen molar-refractivity contribution in [1.29, 1.82) is 0 Å². The zero-order chi connectivity index (χ0) is 10.1. The van der Waals surface area contributed by atoms with Gasteiger partial charge in [-0.15, -0.1) is 0 Å². The summed E-state index contributed by atoms with van der Waals surface area (Å²) in [5, 5.41) is -0.878. The maximum Gasteiger partial charge on any atom is 0.176 e. The first-order valence-electron chi connectivity index (χ1n) is 5.74. The van der Waals surface area contributed by atoms with Gasteiger partial charge in [-0.05, 0) is 65.4 Å². The van der Waals surface area contributed by atoms with Crippen LogP contribution in [0.4, 0.5) is 4.39 Å². The molecule has 2 rings (SSSR count). The van der Waals surface area contributed by atoms with E-state index in [1.807, 2.05) is 0 Å². The number of halogens is 2. The predicted molar refractivity (Wildman–Crippen MR) is 61.2 cm³/mol. The maximum absolute atomic E-state index is 13.5. The average Bonchev–Trinajstić information content (AvgIpc) is 1.98. The van der Waals surface area contributed by atoms with E-state index in [9.17, 15) is 4.39 Å². The lowest BCUT2D eigenvalue weighted by Gasteiger charge is -2.41. The molecule has 2 heteroatoms. The quantitative estimate of drug-likeness (QED) is 0.514. The molecule has 1 unspecified atom stereocenters. The van der Waals surface area contributed by atoms with Gasteiger partial charge in [0.25, 0.3) is 0 Å². The van der Waals surface area contributed by atoms with E-state index in [1.165, 1.54) is 31.3 Å². The molecule has 2 saturated carbocycles. The van der Waals surface area contributed by atoms with Gasteiger partial charge in [0.05, 0.1) is 0 Å². The number of allylic oxidation sites excluding steroid dienone is 2. The van der Waals surface area contributed by atoms with Crippen LogP contribution >= 0.6 is 15.9 Å². The van der Waals surface area contributed by atoms with Crippen LogP contribution in [0.3, 0.4) is 0 Å². The van der Waals surface area contributed by atoms with Crippen molar-refractivity contribution < 1.29 is 4.39 Å². The van der Waals surface area contributed by atoms with Gasteiger partial charge in [0.1, 0.15) is 0 Å². The number of alkyl halides is 2. The minimum Gasteiger partial charge on any atom is -0.230 e. The first kappa shape index (κ1) is 10.7. The van der Waals surface area contributed by atoms with Crippen LogP contribution in [0.2, 0.25) is 0 Å². The third kappa shape index (κ3) is 1.78. The van der Waals surface area contributed by atoms with E-state index < -0.39 is 5.08 Å². The van der Waals surface area contributed by atoms with Crippen molar-refractivity contribution in [3.8, 4) is 0 Å². The molecule has 0 bridgehead atoms. The Morgan fingerprint density at radius 1 is 1.50 bits per heavy atom. The molecule has 3 atom stereocenters. The summed E-state index contributed by atoms with van der Waals surface area (Å²) in [6.07, 6.45) is 7.28. The Labute approximate surface area is 94.1 Å². The van der Waals surface area contributed by atoms with Gasteiger partial charge in [0, 0.05) is 0 Å². The zero-order valence-electron chi connectivity index (χ0n) is 8.73. The van der Waals surface area contributed by atoms with E-state index in [4.69, 9.17) is 0 Å². The molecule has 0 nitrogen and oxygen atoms in total. The van der Waals surface area contributed by atoms with Gasteiger partial charge in [0.2, 0.25) is 0 Å². The highest BCUT2D eigenvalue weighted by Gasteiger charge is 2.37. The lowest BCUT2D eigenvalue weighted by atomic mass is 9.66. The first-order valence-corrected chi connectivity index (χ1v) is 6.65. The molecule has 2 aliphatic rings. The highest BCUT2D eigenvalue weighted by atomic mass is 79.9. The van der Waals surface area contributed by atoms with Crippen LogP contribution in [0.25, 0.3) is 0 Å². The van der Waals surface area contributed by atoms with Crippen LogP contribution in [-0.2, 0) is 0 Å². The Morgan fingerprint density at radius 2 is 2.21 bits per heavy atom. The molecule has 2 fully saturated rings. The lowest BCUT2D eigenvalue weighted by Crippen LogP contribution is -2.31. The van der Waals surface area contributed by atoms with Crippen molar-refractivity contribution in [3.63, 3.8) is 0 Å². The Hall–Kier alpha value is 0.150. The summed E-state index contributed by atoms with van der Waals surface area (Å²) in [6, 6.07) is 0. The Kier molecular flexibility index (Phi) is 3.30. The van der Waals surface area contributed by atoms with Crippen LogP contribution < -0.4 is 0 Å². The first-order chi connectivity index (χ1) is 6.74. The van der Waals surface area contributed by atoms with Gasteiger partial charge in [-0.25, -0.2) is 4.39 Å². The lowest BCUT2D eigenvalue weighted by molar-refractivity contribution is 0.191. The normalized spacial score (nSPS) is 33.2.